The summed E-state index contributed by atoms with van der Waals surface area (Å²) in [7, 11) is 0. The molecule has 0 aliphatic rings. The van der Waals surface area contributed by atoms with Crippen LogP contribution in [-0.2, 0) is 0 Å². The van der Waals surface area contributed by atoms with Gasteiger partial charge in [-0.05, 0) is 31.5 Å². The summed E-state index contributed by atoms with van der Waals surface area (Å²) in [5.41, 5.74) is 10.4. The third kappa shape index (κ3) is 2.52. The van der Waals surface area contributed by atoms with Crippen molar-refractivity contribution in [1.29, 1.82) is 0 Å². The molecule has 0 saturated heterocycles. The second-order valence-corrected chi connectivity index (χ2v) is 5.21. The van der Waals surface area contributed by atoms with Crippen molar-refractivity contribution in [3.8, 4) is 11.3 Å². The number of rotatable bonds is 3. The number of hydrogen-bond acceptors (Lipinski definition) is 3. The van der Waals surface area contributed by atoms with Gasteiger partial charge in [0, 0.05) is 11.8 Å². The molecule has 2 N–H and O–H groups in total. The number of aromatic nitrogens is 3. The maximum Gasteiger partial charge on any atom is 0.132 e. The van der Waals surface area contributed by atoms with Gasteiger partial charge >= 0.3 is 0 Å². The van der Waals surface area contributed by atoms with E-state index in [4.69, 9.17) is 5.73 Å². The van der Waals surface area contributed by atoms with E-state index in [0.717, 1.165) is 11.3 Å². The van der Waals surface area contributed by atoms with Gasteiger partial charge in [0.1, 0.15) is 5.82 Å². The summed E-state index contributed by atoms with van der Waals surface area (Å²) in [5.74, 6) is 0.523. The number of hydrogen-bond donors (Lipinski definition) is 1. The lowest BCUT2D eigenvalue weighted by Gasteiger charge is -2.18. The normalized spacial score (nSPS) is 12.3. The molecule has 2 aromatic heterocycles. The molecule has 1 unspecified atom stereocenters. The summed E-state index contributed by atoms with van der Waals surface area (Å²) in [5, 5.41) is 0. The van der Waals surface area contributed by atoms with Crippen molar-refractivity contribution >= 4 is 5.82 Å². The molecule has 0 bridgehead atoms. The Morgan fingerprint density at radius 3 is 2.62 bits per heavy atom. The summed E-state index contributed by atoms with van der Waals surface area (Å²) in [6, 6.07) is 12.6. The zero-order chi connectivity index (χ0) is 14.8. The Kier molecular flexibility index (Phi) is 3.44. The minimum absolute atomic E-state index is 0.183. The molecule has 1 atom stereocenters. The molecule has 4 heteroatoms. The van der Waals surface area contributed by atoms with E-state index in [-0.39, 0.29) is 6.04 Å². The standard InChI is InChI=1S/C17H18N4/c1-12-5-7-14(8-6-12)13(2)21-11-19-10-16(21)15-4-3-9-20-17(15)18/h3-11,13H,1-2H3,(H2,18,20). The summed E-state index contributed by atoms with van der Waals surface area (Å²) >= 11 is 0. The molecular weight excluding hydrogens is 260 g/mol. The van der Waals surface area contributed by atoms with Gasteiger partial charge in [-0.3, -0.25) is 0 Å². The van der Waals surface area contributed by atoms with Gasteiger partial charge in [-0.1, -0.05) is 29.8 Å². The Morgan fingerprint density at radius 2 is 1.90 bits per heavy atom. The predicted molar refractivity (Wildman–Crippen MR) is 84.9 cm³/mol. The smallest absolute Gasteiger partial charge is 0.132 e. The number of benzene rings is 1. The maximum atomic E-state index is 5.99. The minimum Gasteiger partial charge on any atom is -0.383 e. The number of pyridine rings is 1. The van der Waals surface area contributed by atoms with Gasteiger partial charge in [-0.15, -0.1) is 0 Å². The number of anilines is 1. The number of nitrogens with zero attached hydrogens (tertiary/aromatic N) is 3. The van der Waals surface area contributed by atoms with E-state index in [9.17, 15) is 0 Å². The lowest BCUT2D eigenvalue weighted by Crippen LogP contribution is -2.08. The molecule has 0 spiro atoms. The Morgan fingerprint density at radius 1 is 1.14 bits per heavy atom. The second-order valence-electron chi connectivity index (χ2n) is 5.21. The van der Waals surface area contributed by atoms with Gasteiger partial charge < -0.3 is 10.3 Å². The molecule has 3 rings (SSSR count). The highest BCUT2D eigenvalue weighted by molar-refractivity contribution is 5.70. The fourth-order valence-corrected chi connectivity index (χ4v) is 2.46. The van der Waals surface area contributed by atoms with E-state index in [1.54, 1.807) is 6.20 Å². The van der Waals surface area contributed by atoms with Gasteiger partial charge in [0.25, 0.3) is 0 Å². The van der Waals surface area contributed by atoms with Crippen LogP contribution in [-0.4, -0.2) is 14.5 Å². The van der Waals surface area contributed by atoms with Gasteiger partial charge in [0.2, 0.25) is 0 Å². The van der Waals surface area contributed by atoms with Gasteiger partial charge in [0.15, 0.2) is 0 Å². The molecule has 0 aliphatic carbocycles. The molecule has 0 amide bonds. The van der Waals surface area contributed by atoms with Crippen LogP contribution >= 0.6 is 0 Å². The molecule has 0 fully saturated rings. The topological polar surface area (TPSA) is 56.7 Å². The molecule has 1 aromatic carbocycles. The first-order valence-corrected chi connectivity index (χ1v) is 6.96. The first kappa shape index (κ1) is 13.4. The fraction of sp³-hybridized carbons (Fsp3) is 0.176. The summed E-state index contributed by atoms with van der Waals surface area (Å²) in [6.45, 7) is 4.25. The van der Waals surface area contributed by atoms with Crippen molar-refractivity contribution in [1.82, 2.24) is 14.5 Å². The van der Waals surface area contributed by atoms with Crippen LogP contribution in [0.2, 0.25) is 0 Å². The predicted octanol–water partition coefficient (Wildman–Crippen LogP) is 3.45. The van der Waals surface area contributed by atoms with Gasteiger partial charge in [-0.2, -0.15) is 0 Å². The Bertz CT molecular complexity index is 743. The molecule has 0 radical (unpaired) electrons. The molecule has 0 saturated carbocycles. The van der Waals surface area contributed by atoms with Gasteiger partial charge in [-0.25, -0.2) is 9.97 Å². The lowest BCUT2D eigenvalue weighted by atomic mass is 10.1. The zero-order valence-electron chi connectivity index (χ0n) is 12.2. The van der Waals surface area contributed by atoms with Crippen molar-refractivity contribution in [2.45, 2.75) is 19.9 Å². The maximum absolute atomic E-state index is 5.99. The van der Waals surface area contributed by atoms with E-state index in [2.05, 4.69) is 52.6 Å². The van der Waals surface area contributed by atoms with Crippen molar-refractivity contribution in [3.05, 3.63) is 66.2 Å². The van der Waals surface area contributed by atoms with Crippen LogP contribution in [0.5, 0.6) is 0 Å². The van der Waals surface area contributed by atoms with Crippen LogP contribution in [0, 0.1) is 6.92 Å². The third-order valence-corrected chi connectivity index (χ3v) is 3.76. The number of nitrogens with two attached hydrogens (primary N) is 1. The van der Waals surface area contributed by atoms with E-state index in [0.29, 0.717) is 5.82 Å². The molecule has 2 heterocycles. The fourth-order valence-electron chi connectivity index (χ4n) is 2.46. The summed E-state index contributed by atoms with van der Waals surface area (Å²) in [4.78, 5) is 8.44. The SMILES string of the molecule is Cc1ccc(C(C)n2cncc2-c2cccnc2N)cc1. The van der Waals surface area contributed by atoms with E-state index < -0.39 is 0 Å². The number of aryl methyl sites for hydroxylation is 1. The summed E-state index contributed by atoms with van der Waals surface area (Å²) < 4.78 is 2.12. The molecule has 3 aromatic rings. The summed E-state index contributed by atoms with van der Waals surface area (Å²) in [6.07, 6.45) is 5.37. The molecule has 106 valence electrons. The highest BCUT2D eigenvalue weighted by atomic mass is 15.1. The highest BCUT2D eigenvalue weighted by Crippen LogP contribution is 2.28. The average Bonchev–Trinajstić information content (AvgIpc) is 2.97. The second kappa shape index (κ2) is 5.40. The largest absolute Gasteiger partial charge is 0.383 e. The van der Waals surface area contributed by atoms with Crippen LogP contribution in [0.1, 0.15) is 24.1 Å². The molecule has 0 aliphatic heterocycles. The average molecular weight is 278 g/mol. The first-order chi connectivity index (χ1) is 10.2. The van der Waals surface area contributed by atoms with E-state index >= 15 is 0 Å². The molecule has 21 heavy (non-hydrogen) atoms. The van der Waals surface area contributed by atoms with Crippen LogP contribution in [0.3, 0.4) is 0 Å². The zero-order valence-corrected chi connectivity index (χ0v) is 12.2. The van der Waals surface area contributed by atoms with Gasteiger partial charge in [0.05, 0.1) is 24.3 Å². The van der Waals surface area contributed by atoms with Crippen molar-refractivity contribution < 1.29 is 0 Å². The monoisotopic (exact) mass is 278 g/mol. The van der Waals surface area contributed by atoms with Crippen LogP contribution in [0.4, 0.5) is 5.82 Å². The lowest BCUT2D eigenvalue weighted by molar-refractivity contribution is 0.644. The number of imidazole rings is 1. The van der Waals surface area contributed by atoms with Crippen molar-refractivity contribution in [2.75, 3.05) is 5.73 Å². The third-order valence-electron chi connectivity index (χ3n) is 3.76. The minimum atomic E-state index is 0.183. The Labute approximate surface area is 124 Å². The Hall–Kier alpha value is -2.62. The highest BCUT2D eigenvalue weighted by Gasteiger charge is 2.14. The molecule has 4 nitrogen and oxygen atoms in total. The first-order valence-electron chi connectivity index (χ1n) is 6.96. The van der Waals surface area contributed by atoms with Crippen molar-refractivity contribution in [3.63, 3.8) is 0 Å². The van der Waals surface area contributed by atoms with E-state index in [1.165, 1.54) is 11.1 Å². The quantitative estimate of drug-likeness (QED) is 0.798. The van der Waals surface area contributed by atoms with E-state index in [1.807, 2.05) is 24.7 Å². The Balaban J connectivity index is 2.03. The molecular formula is C17H18N4. The van der Waals surface area contributed by atoms with Crippen LogP contribution < -0.4 is 5.73 Å². The van der Waals surface area contributed by atoms with Crippen LogP contribution in [0.15, 0.2) is 55.1 Å². The number of nitrogen functional groups attached to an aromatic ring is 1. The van der Waals surface area contributed by atoms with Crippen LogP contribution in [0.25, 0.3) is 11.3 Å². The van der Waals surface area contributed by atoms with Crippen molar-refractivity contribution in [2.24, 2.45) is 0 Å².